The molecule has 2 aliphatic rings. The van der Waals surface area contributed by atoms with Gasteiger partial charge in [0.05, 0.1) is 25.9 Å². The second-order valence-electron chi connectivity index (χ2n) is 7.19. The van der Waals surface area contributed by atoms with Gasteiger partial charge in [-0.15, -0.1) is 0 Å². The number of nitrogens with one attached hydrogen (secondary N) is 1. The molecule has 1 fully saturated rings. The second kappa shape index (κ2) is 7.73. The predicted octanol–water partition coefficient (Wildman–Crippen LogP) is 1.76. The summed E-state index contributed by atoms with van der Waals surface area (Å²) in [6, 6.07) is 14.1. The first-order valence-electron chi connectivity index (χ1n) is 9.31. The maximum atomic E-state index is 13.0. The van der Waals surface area contributed by atoms with Crippen LogP contribution >= 0.6 is 0 Å². The second-order valence-corrected chi connectivity index (χ2v) is 7.19. The minimum absolute atomic E-state index is 0.00664. The fourth-order valence-electron chi connectivity index (χ4n) is 3.42. The zero-order valence-corrected chi connectivity index (χ0v) is 16.0. The summed E-state index contributed by atoms with van der Waals surface area (Å²) in [6.45, 7) is 1.94. The molecule has 2 aliphatic heterocycles. The summed E-state index contributed by atoms with van der Waals surface area (Å²) in [5.74, 6) is 0.680. The molecule has 0 bridgehead atoms. The van der Waals surface area contributed by atoms with Crippen molar-refractivity contribution >= 4 is 11.9 Å². The number of benzene rings is 2. The van der Waals surface area contributed by atoms with Gasteiger partial charge in [-0.3, -0.25) is 9.69 Å². The van der Waals surface area contributed by atoms with Crippen molar-refractivity contribution in [3.63, 3.8) is 0 Å². The lowest BCUT2D eigenvalue weighted by atomic mass is 9.91. The smallest absolute Gasteiger partial charge is 0.325 e. The van der Waals surface area contributed by atoms with E-state index in [9.17, 15) is 14.7 Å². The molecule has 0 aliphatic carbocycles. The Morgan fingerprint density at radius 3 is 2.72 bits per heavy atom. The average molecular weight is 398 g/mol. The minimum Gasteiger partial charge on any atom is -0.454 e. The average Bonchev–Trinajstić information content (AvgIpc) is 3.27. The van der Waals surface area contributed by atoms with Crippen molar-refractivity contribution in [2.45, 2.75) is 25.2 Å². The first-order chi connectivity index (χ1) is 14.0. The Hall–Kier alpha value is -3.10. The minimum atomic E-state index is -1.25. The third-order valence-electron chi connectivity index (χ3n) is 5.04. The van der Waals surface area contributed by atoms with Crippen LogP contribution in [0.25, 0.3) is 0 Å². The highest BCUT2D eigenvalue weighted by Gasteiger charge is 2.49. The van der Waals surface area contributed by atoms with Crippen LogP contribution in [-0.2, 0) is 21.7 Å². The van der Waals surface area contributed by atoms with Crippen LogP contribution in [0.2, 0.25) is 0 Å². The number of carbonyl (C=O) groups is 2. The number of imide groups is 1. The molecule has 2 N–H and O–H groups in total. The van der Waals surface area contributed by atoms with Crippen LogP contribution in [0.4, 0.5) is 4.79 Å². The lowest BCUT2D eigenvalue weighted by Crippen LogP contribution is -2.42. The molecule has 8 heteroatoms. The van der Waals surface area contributed by atoms with Gasteiger partial charge in [0.2, 0.25) is 6.79 Å². The molecule has 2 heterocycles. The van der Waals surface area contributed by atoms with Crippen LogP contribution in [0.5, 0.6) is 11.5 Å². The molecule has 2 aromatic rings. The van der Waals surface area contributed by atoms with Gasteiger partial charge in [0.1, 0.15) is 5.54 Å². The molecule has 0 aromatic heterocycles. The Balaban J connectivity index is 1.38. The molecule has 0 spiro atoms. The van der Waals surface area contributed by atoms with Gasteiger partial charge in [-0.05, 0) is 30.2 Å². The number of nitrogens with zero attached hydrogens (tertiary/aromatic N) is 1. The standard InChI is InChI=1S/C21H22N2O6/c1-21(15-7-8-17-18(9-15)29-13-28-17)19(25)23(20(26)22-21)10-16(24)12-27-11-14-5-3-2-4-6-14/h2-9,16,24H,10-13H2,1H3,(H,22,26)/t16-,21+/m0/s1. The third-order valence-corrected chi connectivity index (χ3v) is 5.04. The Kier molecular flexibility index (Phi) is 5.12. The van der Waals surface area contributed by atoms with Crippen LogP contribution in [0.1, 0.15) is 18.1 Å². The summed E-state index contributed by atoms with van der Waals surface area (Å²) in [5, 5.41) is 13.0. The summed E-state index contributed by atoms with van der Waals surface area (Å²) >= 11 is 0. The van der Waals surface area contributed by atoms with E-state index in [4.69, 9.17) is 14.2 Å². The van der Waals surface area contributed by atoms with Gasteiger partial charge in [0.15, 0.2) is 11.5 Å². The van der Waals surface area contributed by atoms with Crippen molar-refractivity contribution in [1.29, 1.82) is 0 Å². The highest BCUT2D eigenvalue weighted by Crippen LogP contribution is 2.37. The van der Waals surface area contributed by atoms with E-state index in [1.165, 1.54) is 0 Å². The third kappa shape index (κ3) is 3.76. The van der Waals surface area contributed by atoms with E-state index < -0.39 is 23.6 Å². The highest BCUT2D eigenvalue weighted by molar-refractivity contribution is 6.07. The normalized spacial score (nSPS) is 21.4. The molecule has 0 radical (unpaired) electrons. The van der Waals surface area contributed by atoms with Crippen LogP contribution in [0.3, 0.4) is 0 Å². The molecule has 4 rings (SSSR count). The van der Waals surface area contributed by atoms with Crippen molar-refractivity contribution in [1.82, 2.24) is 10.2 Å². The molecule has 152 valence electrons. The van der Waals surface area contributed by atoms with Crippen LogP contribution in [0.15, 0.2) is 48.5 Å². The van der Waals surface area contributed by atoms with Gasteiger partial charge >= 0.3 is 6.03 Å². The Morgan fingerprint density at radius 1 is 1.17 bits per heavy atom. The zero-order chi connectivity index (χ0) is 20.4. The Labute approximate surface area is 168 Å². The van der Waals surface area contributed by atoms with E-state index in [1.807, 2.05) is 30.3 Å². The zero-order valence-electron chi connectivity index (χ0n) is 16.0. The molecule has 29 heavy (non-hydrogen) atoms. The van der Waals surface area contributed by atoms with Crippen molar-refractivity contribution < 1.29 is 28.9 Å². The SMILES string of the molecule is C[C@]1(c2ccc3c(c2)OCO3)NC(=O)N(C[C@H](O)COCc2ccccc2)C1=O. The van der Waals surface area contributed by atoms with Crippen molar-refractivity contribution in [3.8, 4) is 11.5 Å². The summed E-state index contributed by atoms with van der Waals surface area (Å²) in [6.07, 6.45) is -0.993. The molecular formula is C21H22N2O6. The number of urea groups is 1. The molecule has 8 nitrogen and oxygen atoms in total. The van der Waals surface area contributed by atoms with E-state index in [2.05, 4.69) is 5.32 Å². The largest absolute Gasteiger partial charge is 0.454 e. The van der Waals surface area contributed by atoms with Crippen LogP contribution in [0, 0.1) is 0 Å². The number of hydrogen-bond acceptors (Lipinski definition) is 6. The first kappa shape index (κ1) is 19.2. The van der Waals surface area contributed by atoms with E-state index >= 15 is 0 Å². The van der Waals surface area contributed by atoms with E-state index in [0.717, 1.165) is 10.5 Å². The number of hydrogen-bond donors (Lipinski definition) is 2. The molecule has 2 aromatic carbocycles. The number of fused-ring (bicyclic) bond motifs is 1. The number of rotatable bonds is 7. The maximum Gasteiger partial charge on any atom is 0.325 e. The maximum absolute atomic E-state index is 13.0. The van der Waals surface area contributed by atoms with Gasteiger partial charge in [-0.25, -0.2) is 4.79 Å². The predicted molar refractivity (Wildman–Crippen MR) is 102 cm³/mol. The number of β-amino-alcohol motifs (C(OH)–C–C–N with tert-alkyl or cyclic N) is 1. The van der Waals surface area contributed by atoms with Crippen molar-refractivity contribution in [2.24, 2.45) is 0 Å². The van der Waals surface area contributed by atoms with Gasteiger partial charge in [-0.1, -0.05) is 36.4 Å². The number of aliphatic hydroxyl groups excluding tert-OH is 1. The lowest BCUT2D eigenvalue weighted by molar-refractivity contribution is -0.132. The van der Waals surface area contributed by atoms with E-state index in [-0.39, 0.29) is 19.9 Å². The van der Waals surface area contributed by atoms with Gasteiger partial charge in [0, 0.05) is 0 Å². The number of aliphatic hydroxyl groups is 1. The Bertz CT molecular complexity index is 919. The summed E-state index contributed by atoms with van der Waals surface area (Å²) in [7, 11) is 0. The van der Waals surface area contributed by atoms with Crippen molar-refractivity contribution in [2.75, 3.05) is 19.9 Å². The molecule has 2 atom stereocenters. The molecule has 1 saturated heterocycles. The summed E-state index contributed by atoms with van der Waals surface area (Å²) in [4.78, 5) is 26.4. The van der Waals surface area contributed by atoms with E-state index in [1.54, 1.807) is 25.1 Å². The van der Waals surface area contributed by atoms with Crippen LogP contribution in [-0.4, -0.2) is 48.0 Å². The summed E-state index contributed by atoms with van der Waals surface area (Å²) in [5.41, 5.74) is 0.311. The number of ether oxygens (including phenoxy) is 3. The molecule has 3 amide bonds. The topological polar surface area (TPSA) is 97.3 Å². The van der Waals surface area contributed by atoms with Gasteiger partial charge in [0.25, 0.3) is 5.91 Å². The highest BCUT2D eigenvalue weighted by atomic mass is 16.7. The Morgan fingerprint density at radius 2 is 1.93 bits per heavy atom. The molecular weight excluding hydrogens is 376 g/mol. The quantitative estimate of drug-likeness (QED) is 0.690. The molecule has 0 saturated carbocycles. The van der Waals surface area contributed by atoms with Crippen LogP contribution < -0.4 is 14.8 Å². The van der Waals surface area contributed by atoms with Gasteiger partial charge in [-0.2, -0.15) is 0 Å². The van der Waals surface area contributed by atoms with Crippen molar-refractivity contribution in [3.05, 3.63) is 59.7 Å². The lowest BCUT2D eigenvalue weighted by Gasteiger charge is -2.23. The number of amides is 3. The fraction of sp³-hybridized carbons (Fsp3) is 0.333. The first-order valence-corrected chi connectivity index (χ1v) is 9.31. The summed E-state index contributed by atoms with van der Waals surface area (Å²) < 4.78 is 16.1. The monoisotopic (exact) mass is 398 g/mol. The number of carbonyl (C=O) groups excluding carboxylic acids is 2. The fourth-order valence-corrected chi connectivity index (χ4v) is 3.42. The molecule has 0 unspecified atom stereocenters. The van der Waals surface area contributed by atoms with E-state index in [0.29, 0.717) is 23.7 Å². The van der Waals surface area contributed by atoms with Gasteiger partial charge < -0.3 is 24.6 Å².